The first-order valence-corrected chi connectivity index (χ1v) is 5.00. The van der Waals surface area contributed by atoms with Crippen molar-refractivity contribution in [1.29, 1.82) is 0 Å². The number of esters is 1. The van der Waals surface area contributed by atoms with E-state index < -0.39 is 17.2 Å². The van der Waals surface area contributed by atoms with Gasteiger partial charge in [-0.3, -0.25) is 14.5 Å². The molecule has 9 heteroatoms. The Kier molecular flexibility index (Phi) is 2.98. The number of aliphatic hydroxyl groups excluding tert-OH is 1. The topological polar surface area (TPSA) is 130 Å². The number of aliphatic hydroxyl groups is 1. The molecule has 96 valence electrons. The van der Waals surface area contributed by atoms with Crippen molar-refractivity contribution in [2.45, 2.75) is 6.54 Å². The van der Waals surface area contributed by atoms with Crippen LogP contribution in [0.1, 0.15) is 10.5 Å². The normalized spacial score (nSPS) is 10.8. The molecule has 0 fully saturated rings. The summed E-state index contributed by atoms with van der Waals surface area (Å²) in [5, 5.41) is 12.7. The number of fused-ring (bicyclic) bond motifs is 1. The lowest BCUT2D eigenvalue weighted by atomic mass is 10.3. The molecule has 0 aliphatic rings. The molecule has 2 aromatic rings. The lowest BCUT2D eigenvalue weighted by molar-refractivity contribution is 0.0594. The summed E-state index contributed by atoms with van der Waals surface area (Å²) in [6, 6.07) is 0. The van der Waals surface area contributed by atoms with Gasteiger partial charge in [0.25, 0.3) is 5.56 Å². The van der Waals surface area contributed by atoms with E-state index in [2.05, 4.69) is 14.8 Å². The van der Waals surface area contributed by atoms with Crippen LogP contribution >= 0.6 is 0 Å². The lowest BCUT2D eigenvalue weighted by Gasteiger charge is -1.97. The molecule has 0 aromatic carbocycles. The van der Waals surface area contributed by atoms with E-state index >= 15 is 0 Å². The number of methoxy groups -OCH3 is 1. The first kappa shape index (κ1) is 12.0. The van der Waals surface area contributed by atoms with Crippen molar-refractivity contribution in [3.8, 4) is 0 Å². The maximum absolute atomic E-state index is 11.6. The third-order valence-corrected chi connectivity index (χ3v) is 2.32. The molecule has 0 saturated carbocycles. The number of hydrogen-bond donors (Lipinski definition) is 3. The van der Waals surface area contributed by atoms with Gasteiger partial charge in [0, 0.05) is 0 Å². The zero-order chi connectivity index (χ0) is 13.3. The molecule has 9 nitrogen and oxygen atoms in total. The lowest BCUT2D eigenvalue weighted by Crippen LogP contribution is -2.24. The maximum Gasteiger partial charge on any atom is 0.360 e. The molecule has 0 atom stereocenters. The number of rotatable bonds is 3. The Balaban J connectivity index is 2.84. The van der Waals surface area contributed by atoms with E-state index in [-0.39, 0.29) is 29.9 Å². The van der Waals surface area contributed by atoms with Crippen molar-refractivity contribution in [1.82, 2.24) is 19.7 Å². The van der Waals surface area contributed by atoms with Crippen molar-refractivity contribution in [3.05, 3.63) is 26.5 Å². The monoisotopic (exact) mass is 254 g/mol. The zero-order valence-electron chi connectivity index (χ0n) is 9.39. The van der Waals surface area contributed by atoms with Crippen LogP contribution < -0.4 is 11.2 Å². The SMILES string of the molecule is COC(=O)c1nn(CCO)c2c(=O)[nH]c(=O)[nH]c12. The van der Waals surface area contributed by atoms with Crippen LogP contribution in [0.25, 0.3) is 11.0 Å². The van der Waals surface area contributed by atoms with E-state index in [1.54, 1.807) is 0 Å². The van der Waals surface area contributed by atoms with Crippen molar-refractivity contribution in [3.63, 3.8) is 0 Å². The fourth-order valence-electron chi connectivity index (χ4n) is 1.61. The number of nitrogens with zero attached hydrogens (tertiary/aromatic N) is 2. The summed E-state index contributed by atoms with van der Waals surface area (Å²) >= 11 is 0. The number of carbonyl (C=O) groups is 1. The number of nitrogens with one attached hydrogen (secondary N) is 2. The van der Waals surface area contributed by atoms with Crippen LogP contribution in [0.15, 0.2) is 9.59 Å². The third-order valence-electron chi connectivity index (χ3n) is 2.32. The summed E-state index contributed by atoms with van der Waals surface area (Å²) in [6.45, 7) is -0.251. The summed E-state index contributed by atoms with van der Waals surface area (Å²) in [7, 11) is 1.16. The first-order valence-electron chi connectivity index (χ1n) is 5.00. The molecular weight excluding hydrogens is 244 g/mol. The average Bonchev–Trinajstić information content (AvgIpc) is 2.67. The van der Waals surface area contributed by atoms with Crippen LogP contribution in [0, 0.1) is 0 Å². The molecule has 3 N–H and O–H groups in total. The molecular formula is C9H10N4O5. The van der Waals surface area contributed by atoms with Gasteiger partial charge in [0.15, 0.2) is 11.2 Å². The van der Waals surface area contributed by atoms with Gasteiger partial charge in [0.1, 0.15) is 5.52 Å². The highest BCUT2D eigenvalue weighted by molar-refractivity contribution is 5.99. The van der Waals surface area contributed by atoms with Crippen LogP contribution in [-0.2, 0) is 11.3 Å². The smallest absolute Gasteiger partial charge is 0.360 e. The fraction of sp³-hybridized carbons (Fsp3) is 0.333. The van der Waals surface area contributed by atoms with Gasteiger partial charge in [-0.1, -0.05) is 0 Å². The highest BCUT2D eigenvalue weighted by Gasteiger charge is 2.20. The molecule has 0 spiro atoms. The Morgan fingerprint density at radius 2 is 2.17 bits per heavy atom. The summed E-state index contributed by atoms with van der Waals surface area (Å²) in [4.78, 5) is 38.6. The largest absolute Gasteiger partial charge is 0.464 e. The van der Waals surface area contributed by atoms with E-state index in [1.807, 2.05) is 4.98 Å². The standard InChI is InChI=1S/C9H10N4O5/c1-18-8(16)5-4-6(13(12-5)2-3-14)7(15)11-9(17)10-4/h14H,2-3H2,1H3,(H2,10,11,15,17). The minimum atomic E-state index is -0.780. The van der Waals surface area contributed by atoms with E-state index in [1.165, 1.54) is 0 Å². The zero-order valence-corrected chi connectivity index (χ0v) is 9.39. The molecule has 0 unspecified atom stereocenters. The van der Waals surface area contributed by atoms with E-state index in [0.717, 1.165) is 11.8 Å². The second-order valence-electron chi connectivity index (χ2n) is 3.42. The predicted molar refractivity (Wildman–Crippen MR) is 59.4 cm³/mol. The van der Waals surface area contributed by atoms with Crippen molar-refractivity contribution < 1.29 is 14.6 Å². The van der Waals surface area contributed by atoms with Gasteiger partial charge in [-0.05, 0) is 0 Å². The van der Waals surface area contributed by atoms with Crippen LogP contribution in [0.5, 0.6) is 0 Å². The predicted octanol–water partition coefficient (Wildman–Crippen LogP) is -1.81. The van der Waals surface area contributed by atoms with Crippen LogP contribution in [-0.4, -0.2) is 44.5 Å². The second kappa shape index (κ2) is 4.45. The number of aromatic amines is 2. The fourth-order valence-corrected chi connectivity index (χ4v) is 1.61. The molecule has 0 aliphatic heterocycles. The third kappa shape index (κ3) is 1.80. The number of aromatic nitrogens is 4. The van der Waals surface area contributed by atoms with Gasteiger partial charge in [-0.25, -0.2) is 9.59 Å². The van der Waals surface area contributed by atoms with Gasteiger partial charge in [-0.2, -0.15) is 5.10 Å². The number of carbonyl (C=O) groups excluding carboxylic acids is 1. The van der Waals surface area contributed by atoms with E-state index in [9.17, 15) is 14.4 Å². The average molecular weight is 254 g/mol. The maximum atomic E-state index is 11.6. The van der Waals surface area contributed by atoms with Crippen LogP contribution in [0.2, 0.25) is 0 Å². The van der Waals surface area contributed by atoms with Crippen molar-refractivity contribution >= 4 is 17.0 Å². The van der Waals surface area contributed by atoms with E-state index in [4.69, 9.17) is 5.11 Å². The number of ether oxygens (including phenoxy) is 1. The highest BCUT2D eigenvalue weighted by atomic mass is 16.5. The Hall–Kier alpha value is -2.42. The molecule has 0 radical (unpaired) electrons. The minimum Gasteiger partial charge on any atom is -0.464 e. The highest BCUT2D eigenvalue weighted by Crippen LogP contribution is 2.11. The molecule has 0 aliphatic carbocycles. The van der Waals surface area contributed by atoms with Crippen LogP contribution in [0.4, 0.5) is 0 Å². The quantitative estimate of drug-likeness (QED) is 0.553. The molecule has 2 rings (SSSR count). The van der Waals surface area contributed by atoms with Gasteiger partial charge in [0.2, 0.25) is 0 Å². The molecule has 2 heterocycles. The summed E-state index contributed by atoms with van der Waals surface area (Å²) < 4.78 is 5.64. The van der Waals surface area contributed by atoms with Gasteiger partial charge in [-0.15, -0.1) is 0 Å². The van der Waals surface area contributed by atoms with E-state index in [0.29, 0.717) is 0 Å². The molecule has 18 heavy (non-hydrogen) atoms. The molecule has 0 amide bonds. The van der Waals surface area contributed by atoms with Gasteiger partial charge in [0.05, 0.1) is 20.3 Å². The summed E-state index contributed by atoms with van der Waals surface area (Å²) in [6.07, 6.45) is 0. The van der Waals surface area contributed by atoms with Gasteiger partial charge >= 0.3 is 11.7 Å². The Morgan fingerprint density at radius 1 is 1.44 bits per heavy atom. The second-order valence-corrected chi connectivity index (χ2v) is 3.42. The van der Waals surface area contributed by atoms with Gasteiger partial charge < -0.3 is 14.8 Å². The minimum absolute atomic E-state index is 0.00375. The number of H-pyrrole nitrogens is 2. The van der Waals surface area contributed by atoms with Crippen LogP contribution in [0.3, 0.4) is 0 Å². The van der Waals surface area contributed by atoms with Crippen molar-refractivity contribution in [2.75, 3.05) is 13.7 Å². The number of hydrogen-bond acceptors (Lipinski definition) is 6. The van der Waals surface area contributed by atoms with Crippen molar-refractivity contribution in [2.24, 2.45) is 0 Å². The Bertz CT molecular complexity index is 710. The molecule has 0 bridgehead atoms. The summed E-state index contributed by atoms with van der Waals surface area (Å²) in [5.41, 5.74) is -1.62. The first-order chi connectivity index (χ1) is 8.58. The Labute approximate surface area is 99.0 Å². The Morgan fingerprint density at radius 3 is 2.78 bits per heavy atom. The molecule has 2 aromatic heterocycles. The molecule has 0 saturated heterocycles. The summed E-state index contributed by atoms with van der Waals surface area (Å²) in [5.74, 6) is -0.780.